The normalized spacial score (nSPS) is 12.8. The second-order valence-electron chi connectivity index (χ2n) is 3.91. The van der Waals surface area contributed by atoms with Gasteiger partial charge in [0.15, 0.2) is 6.10 Å². The van der Waals surface area contributed by atoms with Crippen molar-refractivity contribution >= 4 is 11.9 Å². The quantitative estimate of drug-likeness (QED) is 0.850. The number of nitrogens with two attached hydrogens (primary N) is 1. The molecule has 4 nitrogen and oxygen atoms in total. The van der Waals surface area contributed by atoms with E-state index in [4.69, 9.17) is 5.73 Å². The molecule has 1 aromatic carbocycles. The Balaban J connectivity index is 2.63. The molecular weight excluding hydrogens is 263 g/mol. The van der Waals surface area contributed by atoms with Gasteiger partial charge in [-0.3, -0.25) is 9.59 Å². The number of alkyl halides is 3. The number of esters is 1. The Morgan fingerprint density at radius 1 is 1.26 bits per heavy atom. The van der Waals surface area contributed by atoms with E-state index in [2.05, 4.69) is 4.74 Å². The molecule has 0 saturated heterocycles. The SMILES string of the molecule is CC(OC(=O)Cc1ccc(C(F)(F)F)cc1)C(N)=O. The molecule has 0 bridgehead atoms. The van der Waals surface area contributed by atoms with Crippen molar-refractivity contribution in [1.82, 2.24) is 0 Å². The van der Waals surface area contributed by atoms with Gasteiger partial charge in [0.2, 0.25) is 0 Å². The van der Waals surface area contributed by atoms with Gasteiger partial charge in [-0.1, -0.05) is 12.1 Å². The molecule has 7 heteroatoms. The van der Waals surface area contributed by atoms with E-state index >= 15 is 0 Å². The predicted octanol–water partition coefficient (Wildman–Crippen LogP) is 1.66. The standard InChI is InChI=1S/C12H12F3NO3/c1-7(11(16)18)19-10(17)6-8-2-4-9(5-3-8)12(13,14)15/h2-5,7H,6H2,1H3,(H2,16,18). The third-order valence-electron chi connectivity index (χ3n) is 2.34. The van der Waals surface area contributed by atoms with E-state index in [1.165, 1.54) is 19.1 Å². The summed E-state index contributed by atoms with van der Waals surface area (Å²) in [5, 5.41) is 0. The lowest BCUT2D eigenvalue weighted by molar-refractivity contribution is -0.153. The van der Waals surface area contributed by atoms with Gasteiger partial charge in [0.1, 0.15) is 0 Å². The first-order valence-electron chi connectivity index (χ1n) is 5.35. The number of benzene rings is 1. The molecule has 19 heavy (non-hydrogen) atoms. The molecule has 0 spiro atoms. The van der Waals surface area contributed by atoms with Crippen LogP contribution < -0.4 is 5.73 Å². The van der Waals surface area contributed by atoms with Crippen molar-refractivity contribution < 1.29 is 27.5 Å². The van der Waals surface area contributed by atoms with Crippen molar-refractivity contribution in [2.75, 3.05) is 0 Å². The summed E-state index contributed by atoms with van der Waals surface area (Å²) >= 11 is 0. The summed E-state index contributed by atoms with van der Waals surface area (Å²) < 4.78 is 41.6. The Hall–Kier alpha value is -2.05. The molecule has 0 aliphatic rings. The Morgan fingerprint density at radius 2 is 1.79 bits per heavy atom. The number of halogens is 3. The molecule has 0 saturated carbocycles. The molecule has 1 rings (SSSR count). The van der Waals surface area contributed by atoms with Gasteiger partial charge in [0.25, 0.3) is 5.91 Å². The van der Waals surface area contributed by atoms with Crippen LogP contribution in [0.4, 0.5) is 13.2 Å². The number of amides is 1. The van der Waals surface area contributed by atoms with Crippen molar-refractivity contribution in [3.8, 4) is 0 Å². The molecule has 0 heterocycles. The Bertz CT molecular complexity index is 468. The third-order valence-corrected chi connectivity index (χ3v) is 2.34. The fourth-order valence-electron chi connectivity index (χ4n) is 1.28. The van der Waals surface area contributed by atoms with Crippen LogP contribution in [0.15, 0.2) is 24.3 Å². The molecule has 0 radical (unpaired) electrons. The van der Waals surface area contributed by atoms with Crippen LogP contribution in [0, 0.1) is 0 Å². The van der Waals surface area contributed by atoms with Gasteiger partial charge in [-0.2, -0.15) is 13.2 Å². The average Bonchev–Trinajstić information content (AvgIpc) is 2.28. The number of carbonyl (C=O) groups is 2. The van der Waals surface area contributed by atoms with Crippen molar-refractivity contribution in [2.45, 2.75) is 25.6 Å². The van der Waals surface area contributed by atoms with Crippen LogP contribution in [0.3, 0.4) is 0 Å². The largest absolute Gasteiger partial charge is 0.452 e. The first-order chi connectivity index (χ1) is 8.70. The van der Waals surface area contributed by atoms with Gasteiger partial charge in [-0.15, -0.1) is 0 Å². The van der Waals surface area contributed by atoms with Gasteiger partial charge in [-0.25, -0.2) is 0 Å². The fourth-order valence-corrected chi connectivity index (χ4v) is 1.28. The Kier molecular flexibility index (Phi) is 4.52. The van der Waals surface area contributed by atoms with E-state index in [0.29, 0.717) is 5.56 Å². The zero-order valence-corrected chi connectivity index (χ0v) is 10.0. The predicted molar refractivity (Wildman–Crippen MR) is 59.9 cm³/mol. The first-order valence-corrected chi connectivity index (χ1v) is 5.35. The minimum absolute atomic E-state index is 0.226. The topological polar surface area (TPSA) is 69.4 Å². The molecule has 0 aliphatic heterocycles. The molecule has 104 valence electrons. The third kappa shape index (κ3) is 4.61. The fraction of sp³-hybridized carbons (Fsp3) is 0.333. The zero-order valence-electron chi connectivity index (χ0n) is 10.0. The van der Waals surface area contributed by atoms with Crippen LogP contribution in [0.2, 0.25) is 0 Å². The monoisotopic (exact) mass is 275 g/mol. The molecule has 1 atom stereocenters. The van der Waals surface area contributed by atoms with Crippen molar-refractivity contribution in [1.29, 1.82) is 0 Å². The lowest BCUT2D eigenvalue weighted by Gasteiger charge is -2.10. The van der Waals surface area contributed by atoms with Crippen molar-refractivity contribution in [2.24, 2.45) is 5.73 Å². The smallest absolute Gasteiger partial charge is 0.416 e. The summed E-state index contributed by atoms with van der Waals surface area (Å²) in [4.78, 5) is 22.0. The maximum absolute atomic E-state index is 12.3. The van der Waals surface area contributed by atoms with Crippen molar-refractivity contribution in [3.63, 3.8) is 0 Å². The summed E-state index contributed by atoms with van der Waals surface area (Å²) in [6.45, 7) is 1.31. The van der Waals surface area contributed by atoms with Crippen LogP contribution in [0.1, 0.15) is 18.1 Å². The van der Waals surface area contributed by atoms with Crippen LogP contribution in [0.25, 0.3) is 0 Å². The molecule has 0 fully saturated rings. The van der Waals surface area contributed by atoms with Gasteiger partial charge >= 0.3 is 12.1 Å². The van der Waals surface area contributed by atoms with Gasteiger partial charge < -0.3 is 10.5 Å². The van der Waals surface area contributed by atoms with E-state index in [-0.39, 0.29) is 6.42 Å². The van der Waals surface area contributed by atoms with Gasteiger partial charge in [0.05, 0.1) is 12.0 Å². The molecular formula is C12H12F3NO3. The second-order valence-corrected chi connectivity index (χ2v) is 3.91. The number of rotatable bonds is 4. The van der Waals surface area contributed by atoms with Crippen LogP contribution in [-0.2, 0) is 26.9 Å². The van der Waals surface area contributed by atoms with Crippen LogP contribution >= 0.6 is 0 Å². The van der Waals surface area contributed by atoms with E-state index in [0.717, 1.165) is 12.1 Å². The maximum atomic E-state index is 12.3. The summed E-state index contributed by atoms with van der Waals surface area (Å²) in [5.41, 5.74) is 4.46. The molecule has 0 aromatic heterocycles. The summed E-state index contributed by atoms with van der Waals surface area (Å²) in [7, 11) is 0. The highest BCUT2D eigenvalue weighted by atomic mass is 19.4. The Labute approximate surface area is 107 Å². The number of ether oxygens (including phenoxy) is 1. The lowest BCUT2D eigenvalue weighted by atomic mass is 10.1. The minimum Gasteiger partial charge on any atom is -0.452 e. The highest BCUT2D eigenvalue weighted by Crippen LogP contribution is 2.29. The molecule has 2 N–H and O–H groups in total. The maximum Gasteiger partial charge on any atom is 0.416 e. The summed E-state index contributed by atoms with van der Waals surface area (Å²) in [5.74, 6) is -1.52. The number of primary amides is 1. The van der Waals surface area contributed by atoms with Gasteiger partial charge in [0, 0.05) is 0 Å². The molecule has 0 aliphatic carbocycles. The zero-order chi connectivity index (χ0) is 14.6. The van der Waals surface area contributed by atoms with E-state index in [9.17, 15) is 22.8 Å². The van der Waals surface area contributed by atoms with Crippen LogP contribution in [0.5, 0.6) is 0 Å². The van der Waals surface area contributed by atoms with E-state index in [1.807, 2.05) is 0 Å². The summed E-state index contributed by atoms with van der Waals surface area (Å²) in [6, 6.07) is 4.11. The number of carbonyl (C=O) groups excluding carboxylic acids is 2. The highest BCUT2D eigenvalue weighted by molar-refractivity contribution is 5.82. The Morgan fingerprint density at radius 3 is 2.21 bits per heavy atom. The van der Waals surface area contributed by atoms with Crippen molar-refractivity contribution in [3.05, 3.63) is 35.4 Å². The minimum atomic E-state index is -4.42. The van der Waals surface area contributed by atoms with Crippen LogP contribution in [-0.4, -0.2) is 18.0 Å². The number of hydrogen-bond donors (Lipinski definition) is 1. The second kappa shape index (κ2) is 5.73. The van der Waals surface area contributed by atoms with E-state index < -0.39 is 29.7 Å². The van der Waals surface area contributed by atoms with E-state index in [1.54, 1.807) is 0 Å². The molecule has 1 aromatic rings. The number of hydrogen-bond acceptors (Lipinski definition) is 3. The first kappa shape index (κ1) is 15.0. The summed E-state index contributed by atoms with van der Waals surface area (Å²) in [6.07, 6.45) is -5.71. The average molecular weight is 275 g/mol. The highest BCUT2D eigenvalue weighted by Gasteiger charge is 2.30. The van der Waals surface area contributed by atoms with Gasteiger partial charge in [-0.05, 0) is 24.6 Å². The molecule has 1 unspecified atom stereocenters. The lowest BCUT2D eigenvalue weighted by Crippen LogP contribution is -2.30. The molecule has 1 amide bonds.